The third-order valence-corrected chi connectivity index (χ3v) is 4.26. The molecule has 2 aromatic carbocycles. The number of hydrogen-bond donors (Lipinski definition) is 2. The fourth-order valence-corrected chi connectivity index (χ4v) is 2.82. The van der Waals surface area contributed by atoms with Gasteiger partial charge in [0.15, 0.2) is 6.61 Å². The van der Waals surface area contributed by atoms with E-state index in [9.17, 15) is 9.59 Å². The second-order valence-corrected chi connectivity index (χ2v) is 6.82. The van der Waals surface area contributed by atoms with Crippen LogP contribution in [0.15, 0.2) is 48.5 Å². The minimum Gasteiger partial charge on any atom is -0.484 e. The van der Waals surface area contributed by atoms with Gasteiger partial charge in [0, 0.05) is 6.54 Å². The van der Waals surface area contributed by atoms with Gasteiger partial charge in [-0.1, -0.05) is 50.2 Å². The maximum atomic E-state index is 11.9. The van der Waals surface area contributed by atoms with Crippen molar-refractivity contribution >= 4 is 11.8 Å². The maximum Gasteiger partial charge on any atom is 0.258 e. The number of ether oxygens (including phenoxy) is 1. The Morgan fingerprint density at radius 2 is 1.74 bits per heavy atom. The largest absolute Gasteiger partial charge is 0.484 e. The van der Waals surface area contributed by atoms with E-state index in [1.54, 1.807) is 0 Å². The highest BCUT2D eigenvalue weighted by Gasteiger charge is 2.08. The van der Waals surface area contributed by atoms with Gasteiger partial charge in [-0.05, 0) is 48.1 Å². The van der Waals surface area contributed by atoms with Crippen molar-refractivity contribution in [3.8, 4) is 5.75 Å². The molecule has 2 rings (SSSR count). The SMILES string of the molecule is Cc1cc(OCC(=O)NCC(=O)NCCc2ccccc2)ccc1C(C)C. The highest BCUT2D eigenvalue weighted by molar-refractivity contribution is 5.85. The quantitative estimate of drug-likeness (QED) is 0.715. The van der Waals surface area contributed by atoms with E-state index in [1.165, 1.54) is 5.56 Å². The number of carbonyl (C=O) groups excluding carboxylic acids is 2. The van der Waals surface area contributed by atoms with Gasteiger partial charge in [-0.15, -0.1) is 0 Å². The Morgan fingerprint density at radius 1 is 1.00 bits per heavy atom. The average Bonchev–Trinajstić information content (AvgIpc) is 2.65. The third-order valence-electron chi connectivity index (χ3n) is 4.26. The summed E-state index contributed by atoms with van der Waals surface area (Å²) >= 11 is 0. The molecule has 5 nitrogen and oxygen atoms in total. The van der Waals surface area contributed by atoms with Crippen LogP contribution < -0.4 is 15.4 Å². The number of aryl methyl sites for hydroxylation is 1. The van der Waals surface area contributed by atoms with Gasteiger partial charge >= 0.3 is 0 Å². The first-order valence-electron chi connectivity index (χ1n) is 9.26. The zero-order chi connectivity index (χ0) is 19.6. The van der Waals surface area contributed by atoms with Gasteiger partial charge in [-0.25, -0.2) is 0 Å². The number of hydrogen-bond acceptors (Lipinski definition) is 3. The molecule has 27 heavy (non-hydrogen) atoms. The van der Waals surface area contributed by atoms with Crippen molar-refractivity contribution in [3.05, 3.63) is 65.2 Å². The predicted octanol–water partition coefficient (Wildman–Crippen LogP) is 2.97. The van der Waals surface area contributed by atoms with Crippen LogP contribution in [0.2, 0.25) is 0 Å². The smallest absolute Gasteiger partial charge is 0.258 e. The van der Waals surface area contributed by atoms with Gasteiger partial charge in [-0.3, -0.25) is 9.59 Å². The van der Waals surface area contributed by atoms with Gasteiger partial charge in [-0.2, -0.15) is 0 Å². The van der Waals surface area contributed by atoms with Crippen molar-refractivity contribution in [2.24, 2.45) is 0 Å². The van der Waals surface area contributed by atoms with Crippen molar-refractivity contribution in [2.75, 3.05) is 19.7 Å². The lowest BCUT2D eigenvalue weighted by Crippen LogP contribution is -2.39. The summed E-state index contributed by atoms with van der Waals surface area (Å²) in [6, 6.07) is 15.7. The molecule has 0 unspecified atom stereocenters. The summed E-state index contributed by atoms with van der Waals surface area (Å²) in [5.41, 5.74) is 3.56. The van der Waals surface area contributed by atoms with Crippen LogP contribution in [0.5, 0.6) is 5.75 Å². The third kappa shape index (κ3) is 7.13. The molecular weight excluding hydrogens is 340 g/mol. The molecule has 0 aliphatic heterocycles. The summed E-state index contributed by atoms with van der Waals surface area (Å²) in [5, 5.41) is 5.36. The second-order valence-electron chi connectivity index (χ2n) is 6.82. The van der Waals surface area contributed by atoms with Crippen LogP contribution in [0.25, 0.3) is 0 Å². The van der Waals surface area contributed by atoms with Crippen LogP contribution in [-0.4, -0.2) is 31.5 Å². The minimum atomic E-state index is -0.321. The van der Waals surface area contributed by atoms with Crippen molar-refractivity contribution in [1.82, 2.24) is 10.6 Å². The maximum absolute atomic E-state index is 11.9. The van der Waals surface area contributed by atoms with Crippen LogP contribution in [0.4, 0.5) is 0 Å². The molecule has 0 saturated heterocycles. The van der Waals surface area contributed by atoms with Gasteiger partial charge in [0.2, 0.25) is 5.91 Å². The molecule has 2 aromatic rings. The average molecular weight is 368 g/mol. The summed E-state index contributed by atoms with van der Waals surface area (Å²) in [6.07, 6.45) is 0.759. The summed E-state index contributed by atoms with van der Waals surface area (Å²) in [6.45, 7) is 6.68. The molecule has 0 aliphatic rings. The molecular formula is C22H28N2O3. The summed E-state index contributed by atoms with van der Waals surface area (Å²) in [7, 11) is 0. The predicted molar refractivity (Wildman–Crippen MR) is 107 cm³/mol. The zero-order valence-corrected chi connectivity index (χ0v) is 16.2. The molecule has 0 spiro atoms. The lowest BCUT2D eigenvalue weighted by atomic mass is 9.98. The van der Waals surface area contributed by atoms with Crippen molar-refractivity contribution in [3.63, 3.8) is 0 Å². The Balaban J connectivity index is 1.65. The lowest BCUT2D eigenvalue weighted by molar-refractivity contribution is -0.127. The van der Waals surface area contributed by atoms with Gasteiger partial charge < -0.3 is 15.4 Å². The Bertz CT molecular complexity index is 757. The van der Waals surface area contributed by atoms with E-state index in [2.05, 4.69) is 24.5 Å². The van der Waals surface area contributed by atoms with Crippen molar-refractivity contribution in [2.45, 2.75) is 33.1 Å². The van der Waals surface area contributed by atoms with E-state index in [1.807, 2.05) is 55.5 Å². The number of benzene rings is 2. The van der Waals surface area contributed by atoms with Crippen LogP contribution in [-0.2, 0) is 16.0 Å². The molecule has 0 heterocycles. The summed E-state index contributed by atoms with van der Waals surface area (Å²) in [4.78, 5) is 23.7. The number of amides is 2. The van der Waals surface area contributed by atoms with Gasteiger partial charge in [0.25, 0.3) is 5.91 Å². The molecule has 0 fully saturated rings. The lowest BCUT2D eigenvalue weighted by Gasteiger charge is -2.12. The first-order chi connectivity index (χ1) is 13.0. The monoisotopic (exact) mass is 368 g/mol. The number of rotatable bonds is 9. The standard InChI is InChI=1S/C22H28N2O3/c1-16(2)20-10-9-19(13-17(20)3)27-15-22(26)24-14-21(25)23-12-11-18-7-5-4-6-8-18/h4-10,13,16H,11-12,14-15H2,1-3H3,(H,23,25)(H,24,26). The first kappa shape index (κ1) is 20.5. The minimum absolute atomic E-state index is 0.0533. The molecule has 5 heteroatoms. The molecule has 0 saturated carbocycles. The van der Waals surface area contributed by atoms with Crippen molar-refractivity contribution in [1.29, 1.82) is 0 Å². The van der Waals surface area contributed by atoms with Crippen LogP contribution in [0.1, 0.15) is 36.5 Å². The Morgan fingerprint density at radius 3 is 2.41 bits per heavy atom. The molecule has 0 aliphatic carbocycles. The Kier molecular flexibility index (Phi) is 7.86. The number of nitrogens with one attached hydrogen (secondary N) is 2. The molecule has 0 atom stereocenters. The highest BCUT2D eigenvalue weighted by atomic mass is 16.5. The fraction of sp³-hybridized carbons (Fsp3) is 0.364. The van der Waals surface area contributed by atoms with E-state index in [4.69, 9.17) is 4.74 Å². The fourth-order valence-electron chi connectivity index (χ4n) is 2.82. The van der Waals surface area contributed by atoms with Gasteiger partial charge in [0.1, 0.15) is 5.75 Å². The van der Waals surface area contributed by atoms with E-state index in [0.717, 1.165) is 17.5 Å². The highest BCUT2D eigenvalue weighted by Crippen LogP contribution is 2.23. The van der Waals surface area contributed by atoms with E-state index in [-0.39, 0.29) is 25.0 Å². The van der Waals surface area contributed by atoms with Crippen LogP contribution in [0.3, 0.4) is 0 Å². The van der Waals surface area contributed by atoms with Crippen molar-refractivity contribution < 1.29 is 14.3 Å². The van der Waals surface area contributed by atoms with Crippen LogP contribution >= 0.6 is 0 Å². The Hall–Kier alpha value is -2.82. The summed E-state index contributed by atoms with van der Waals surface area (Å²) in [5.74, 6) is 0.567. The number of carbonyl (C=O) groups is 2. The topological polar surface area (TPSA) is 67.4 Å². The normalized spacial score (nSPS) is 10.5. The van der Waals surface area contributed by atoms with Crippen LogP contribution in [0, 0.1) is 6.92 Å². The van der Waals surface area contributed by atoms with Gasteiger partial charge in [0.05, 0.1) is 6.54 Å². The molecule has 0 aromatic heterocycles. The summed E-state index contributed by atoms with van der Waals surface area (Å²) < 4.78 is 5.51. The molecule has 0 bridgehead atoms. The Labute approximate surface area is 161 Å². The first-order valence-corrected chi connectivity index (χ1v) is 9.26. The zero-order valence-electron chi connectivity index (χ0n) is 16.2. The molecule has 2 amide bonds. The van der Waals surface area contributed by atoms with E-state index >= 15 is 0 Å². The molecule has 0 radical (unpaired) electrons. The molecule has 144 valence electrons. The van der Waals surface area contributed by atoms with E-state index in [0.29, 0.717) is 18.2 Å². The second kappa shape index (κ2) is 10.4. The van der Waals surface area contributed by atoms with E-state index < -0.39 is 0 Å². The molecule has 2 N–H and O–H groups in total.